The number of hydrogen-bond donors (Lipinski definition) is 1. The summed E-state index contributed by atoms with van der Waals surface area (Å²) in [4.78, 5) is 28.7. The van der Waals surface area contributed by atoms with Gasteiger partial charge >= 0.3 is 0 Å². The van der Waals surface area contributed by atoms with E-state index in [4.69, 9.17) is 16.3 Å². The largest absolute Gasteiger partial charge is 0.390 e. The van der Waals surface area contributed by atoms with Gasteiger partial charge in [0, 0.05) is 17.5 Å². The van der Waals surface area contributed by atoms with Gasteiger partial charge in [-0.1, -0.05) is 11.6 Å². The predicted molar refractivity (Wildman–Crippen MR) is 88.7 cm³/mol. The summed E-state index contributed by atoms with van der Waals surface area (Å²) in [6, 6.07) is 3.19. The number of aliphatic hydroxyl groups is 1. The summed E-state index contributed by atoms with van der Waals surface area (Å²) in [7, 11) is 0. The van der Waals surface area contributed by atoms with Gasteiger partial charge in [0.25, 0.3) is 5.56 Å². The van der Waals surface area contributed by atoms with E-state index >= 15 is 0 Å². The first-order valence-corrected chi connectivity index (χ1v) is 8.28. The van der Waals surface area contributed by atoms with Crippen LogP contribution in [0, 0.1) is 0 Å². The lowest BCUT2D eigenvalue weighted by Gasteiger charge is -2.13. The molecule has 1 aliphatic rings. The van der Waals surface area contributed by atoms with E-state index in [1.165, 1.54) is 17.0 Å². The topological polar surface area (TPSA) is 81.4 Å². The second-order valence-electron chi connectivity index (χ2n) is 5.47. The molecule has 3 rings (SSSR count). The smallest absolute Gasteiger partial charge is 0.261 e. The molecular formula is C15H14BrClN2O4. The zero-order valence-corrected chi connectivity index (χ0v) is 14.4. The molecule has 1 aromatic carbocycles. The standard InChI is InChI=1S/C15H14BrClN2O4/c16-10-5-12-9(4-11(10)17)15(22)19(7-18-12)6-8(20)3-14-13(21)1-2-23-14/h4-5,7,13-14,21H,1-3,6H2/t13-,14+/m0/s1. The number of carbonyl (C=O) groups is 1. The fourth-order valence-corrected chi connectivity index (χ4v) is 3.07. The van der Waals surface area contributed by atoms with E-state index in [-0.39, 0.29) is 24.3 Å². The van der Waals surface area contributed by atoms with Gasteiger partial charge in [0.15, 0.2) is 5.78 Å². The number of nitrogens with zero attached hydrogens (tertiary/aromatic N) is 2. The van der Waals surface area contributed by atoms with Crippen LogP contribution in [0.2, 0.25) is 5.02 Å². The second kappa shape index (κ2) is 6.68. The van der Waals surface area contributed by atoms with E-state index in [1.807, 2.05) is 0 Å². The average molecular weight is 402 g/mol. The third-order valence-electron chi connectivity index (χ3n) is 3.82. The molecular weight excluding hydrogens is 388 g/mol. The number of benzene rings is 1. The molecule has 2 atom stereocenters. The van der Waals surface area contributed by atoms with Gasteiger partial charge in [-0.2, -0.15) is 0 Å². The Hall–Kier alpha value is -1.28. The number of hydrogen-bond acceptors (Lipinski definition) is 5. The Labute approximate surface area is 145 Å². The molecule has 6 nitrogen and oxygen atoms in total. The van der Waals surface area contributed by atoms with Crippen molar-refractivity contribution in [1.29, 1.82) is 0 Å². The van der Waals surface area contributed by atoms with E-state index in [0.717, 1.165) is 0 Å². The number of aromatic nitrogens is 2. The van der Waals surface area contributed by atoms with E-state index in [0.29, 0.717) is 33.4 Å². The molecule has 8 heteroatoms. The first-order valence-electron chi connectivity index (χ1n) is 7.11. The highest BCUT2D eigenvalue weighted by atomic mass is 79.9. The van der Waals surface area contributed by atoms with Crippen molar-refractivity contribution >= 4 is 44.2 Å². The Morgan fingerprint density at radius 1 is 1.52 bits per heavy atom. The third-order valence-corrected chi connectivity index (χ3v) is 5.01. The first-order chi connectivity index (χ1) is 11.0. The quantitative estimate of drug-likeness (QED) is 0.846. The molecule has 1 aliphatic heterocycles. The average Bonchev–Trinajstić information content (AvgIpc) is 2.89. The van der Waals surface area contributed by atoms with Crippen molar-refractivity contribution in [2.45, 2.75) is 31.6 Å². The van der Waals surface area contributed by atoms with Gasteiger partial charge in [-0.05, 0) is 34.5 Å². The van der Waals surface area contributed by atoms with Gasteiger partial charge in [0.1, 0.15) is 0 Å². The Balaban J connectivity index is 1.83. The number of carbonyl (C=O) groups excluding carboxylic acids is 1. The van der Waals surface area contributed by atoms with Crippen molar-refractivity contribution in [3.05, 3.63) is 38.3 Å². The summed E-state index contributed by atoms with van der Waals surface area (Å²) in [5.41, 5.74) is 0.176. The third kappa shape index (κ3) is 3.47. The normalized spacial score (nSPS) is 21.0. The van der Waals surface area contributed by atoms with Crippen molar-refractivity contribution in [3.8, 4) is 0 Å². The number of ether oxygens (including phenoxy) is 1. The van der Waals surface area contributed by atoms with E-state index < -0.39 is 12.2 Å². The van der Waals surface area contributed by atoms with Crippen LogP contribution in [0.15, 0.2) is 27.7 Å². The number of aliphatic hydroxyl groups excluding tert-OH is 1. The Morgan fingerprint density at radius 3 is 3.00 bits per heavy atom. The minimum absolute atomic E-state index is 0.0761. The fraction of sp³-hybridized carbons (Fsp3) is 0.400. The summed E-state index contributed by atoms with van der Waals surface area (Å²) < 4.78 is 7.21. The van der Waals surface area contributed by atoms with Crippen LogP contribution in [-0.4, -0.2) is 39.3 Å². The molecule has 1 N–H and O–H groups in total. The molecule has 0 bridgehead atoms. The Morgan fingerprint density at radius 2 is 2.30 bits per heavy atom. The van der Waals surface area contributed by atoms with Crippen LogP contribution >= 0.6 is 27.5 Å². The molecule has 0 saturated carbocycles. The SMILES string of the molecule is O=C(C[C@H]1OCC[C@@H]1O)Cn1cnc2cc(Br)c(Cl)cc2c1=O. The van der Waals surface area contributed by atoms with Crippen molar-refractivity contribution in [3.63, 3.8) is 0 Å². The summed E-state index contributed by atoms with van der Waals surface area (Å²) in [5.74, 6) is -0.192. The number of Topliss-reactive ketones (excluding diaryl/α,β-unsaturated/α-hetero) is 1. The predicted octanol–water partition coefficient (Wildman–Crippen LogP) is 1.92. The first kappa shape index (κ1) is 16.6. The van der Waals surface area contributed by atoms with Crippen LogP contribution in [0.1, 0.15) is 12.8 Å². The highest BCUT2D eigenvalue weighted by Gasteiger charge is 2.28. The number of rotatable bonds is 4. The Bertz CT molecular complexity index is 823. The lowest BCUT2D eigenvalue weighted by Crippen LogP contribution is -2.29. The molecule has 0 unspecified atom stereocenters. The van der Waals surface area contributed by atoms with Crippen molar-refractivity contribution in [2.75, 3.05) is 6.61 Å². The van der Waals surface area contributed by atoms with Gasteiger partial charge in [-0.3, -0.25) is 14.2 Å². The zero-order chi connectivity index (χ0) is 16.6. The summed E-state index contributed by atoms with van der Waals surface area (Å²) in [5, 5.41) is 10.4. The maximum Gasteiger partial charge on any atom is 0.261 e. The minimum Gasteiger partial charge on any atom is -0.390 e. The number of fused-ring (bicyclic) bond motifs is 1. The van der Waals surface area contributed by atoms with Crippen LogP contribution < -0.4 is 5.56 Å². The molecule has 23 heavy (non-hydrogen) atoms. The summed E-state index contributed by atoms with van der Waals surface area (Å²) >= 11 is 9.29. The van der Waals surface area contributed by atoms with Gasteiger partial charge in [-0.25, -0.2) is 4.98 Å². The lowest BCUT2D eigenvalue weighted by atomic mass is 10.1. The maximum absolute atomic E-state index is 12.4. The maximum atomic E-state index is 12.4. The number of ketones is 1. The molecule has 0 amide bonds. The van der Waals surface area contributed by atoms with E-state index in [9.17, 15) is 14.7 Å². The summed E-state index contributed by atoms with van der Waals surface area (Å²) in [6.07, 6.45) is 0.836. The fourth-order valence-electron chi connectivity index (χ4n) is 2.58. The van der Waals surface area contributed by atoms with Crippen LogP contribution in [0.3, 0.4) is 0 Å². The monoisotopic (exact) mass is 400 g/mol. The minimum atomic E-state index is -0.624. The molecule has 1 aromatic heterocycles. The van der Waals surface area contributed by atoms with Gasteiger partial charge in [-0.15, -0.1) is 0 Å². The molecule has 122 valence electrons. The number of halogens is 2. The molecule has 2 heterocycles. The molecule has 0 aliphatic carbocycles. The van der Waals surface area contributed by atoms with Gasteiger partial charge in [0.2, 0.25) is 0 Å². The molecule has 1 saturated heterocycles. The lowest BCUT2D eigenvalue weighted by molar-refractivity contribution is -0.123. The van der Waals surface area contributed by atoms with Crippen LogP contribution in [0.25, 0.3) is 10.9 Å². The van der Waals surface area contributed by atoms with E-state index in [2.05, 4.69) is 20.9 Å². The summed E-state index contributed by atoms with van der Waals surface area (Å²) in [6.45, 7) is 0.339. The van der Waals surface area contributed by atoms with Crippen molar-refractivity contribution in [1.82, 2.24) is 9.55 Å². The Kier molecular flexibility index (Phi) is 4.82. The highest BCUT2D eigenvalue weighted by molar-refractivity contribution is 9.10. The van der Waals surface area contributed by atoms with Crippen LogP contribution in [0.4, 0.5) is 0 Å². The zero-order valence-electron chi connectivity index (χ0n) is 12.0. The van der Waals surface area contributed by atoms with Crippen molar-refractivity contribution in [2.24, 2.45) is 0 Å². The molecule has 0 spiro atoms. The van der Waals surface area contributed by atoms with E-state index in [1.54, 1.807) is 6.07 Å². The van der Waals surface area contributed by atoms with Crippen LogP contribution in [0.5, 0.6) is 0 Å². The second-order valence-corrected chi connectivity index (χ2v) is 6.73. The van der Waals surface area contributed by atoms with Gasteiger partial charge in [0.05, 0.1) is 41.0 Å². The van der Waals surface area contributed by atoms with Crippen LogP contribution in [-0.2, 0) is 16.1 Å². The van der Waals surface area contributed by atoms with Crippen molar-refractivity contribution < 1.29 is 14.6 Å². The van der Waals surface area contributed by atoms with Gasteiger partial charge < -0.3 is 9.84 Å². The highest BCUT2D eigenvalue weighted by Crippen LogP contribution is 2.25. The molecule has 1 fully saturated rings. The molecule has 0 radical (unpaired) electrons. The molecule has 2 aromatic rings.